The first kappa shape index (κ1) is 11.1. The zero-order valence-corrected chi connectivity index (χ0v) is 11.4. The summed E-state index contributed by atoms with van der Waals surface area (Å²) in [7, 11) is 0. The molecule has 0 amide bonds. The van der Waals surface area contributed by atoms with E-state index in [0.29, 0.717) is 0 Å². The molecule has 4 heteroatoms. The molecule has 2 saturated carbocycles. The minimum Gasteiger partial charge on any atom is -0.364 e. The van der Waals surface area contributed by atoms with Crippen LogP contribution in [0, 0.1) is 0 Å². The molecule has 4 rings (SSSR count). The highest BCUT2D eigenvalue weighted by atomic mass is 15.1. The Morgan fingerprint density at radius 2 is 1.89 bits per heavy atom. The fourth-order valence-electron chi connectivity index (χ4n) is 2.36. The molecule has 19 heavy (non-hydrogen) atoms. The van der Waals surface area contributed by atoms with Crippen molar-refractivity contribution in [2.45, 2.75) is 50.5 Å². The topological polar surface area (TPSA) is 50.7 Å². The van der Waals surface area contributed by atoms with E-state index in [1.807, 2.05) is 18.5 Å². The first-order chi connectivity index (χ1) is 9.08. The second-order valence-corrected chi connectivity index (χ2v) is 6.53. The Bertz CT molecular complexity index is 656. The van der Waals surface area contributed by atoms with Crippen LogP contribution in [0.15, 0.2) is 18.5 Å². The summed E-state index contributed by atoms with van der Waals surface area (Å²) in [6, 6.07) is 2.00. The van der Waals surface area contributed by atoms with E-state index in [-0.39, 0.29) is 11.0 Å². The first-order valence-electron chi connectivity index (χ1n) is 6.99. The number of aromatic nitrogens is 3. The highest BCUT2D eigenvalue weighted by Crippen LogP contribution is 2.47. The van der Waals surface area contributed by atoms with E-state index in [9.17, 15) is 0 Å². The number of hydrogen-bond acceptors (Lipinski definition) is 4. The fraction of sp³-hybridized carbons (Fsp3) is 0.533. The van der Waals surface area contributed by atoms with Crippen molar-refractivity contribution in [2.75, 3.05) is 5.32 Å². The summed E-state index contributed by atoms with van der Waals surface area (Å²) in [6.45, 7) is 4.49. The van der Waals surface area contributed by atoms with Crippen molar-refractivity contribution in [3.63, 3.8) is 0 Å². The third kappa shape index (κ3) is 1.86. The van der Waals surface area contributed by atoms with Gasteiger partial charge in [0, 0.05) is 22.5 Å². The summed E-state index contributed by atoms with van der Waals surface area (Å²) in [5, 5.41) is 4.68. The molecule has 0 aliphatic heterocycles. The lowest BCUT2D eigenvalue weighted by Crippen LogP contribution is -2.19. The van der Waals surface area contributed by atoms with Crippen LogP contribution in [0.3, 0.4) is 0 Å². The predicted molar refractivity (Wildman–Crippen MR) is 75.2 cm³/mol. The van der Waals surface area contributed by atoms with Gasteiger partial charge in [0.05, 0.1) is 11.7 Å². The van der Waals surface area contributed by atoms with Gasteiger partial charge in [-0.1, -0.05) is 6.92 Å². The monoisotopic (exact) mass is 254 g/mol. The van der Waals surface area contributed by atoms with Crippen LogP contribution >= 0.6 is 0 Å². The van der Waals surface area contributed by atoms with Crippen LogP contribution in [-0.4, -0.2) is 20.5 Å². The average molecular weight is 254 g/mol. The second-order valence-electron chi connectivity index (χ2n) is 6.53. The summed E-state index contributed by atoms with van der Waals surface area (Å²) in [5.74, 6) is 1.95. The van der Waals surface area contributed by atoms with Gasteiger partial charge in [0.2, 0.25) is 0 Å². The van der Waals surface area contributed by atoms with Crippen LogP contribution in [0.4, 0.5) is 5.82 Å². The molecule has 0 aromatic carbocycles. The van der Waals surface area contributed by atoms with E-state index in [1.54, 1.807) is 0 Å². The number of rotatable bonds is 3. The van der Waals surface area contributed by atoms with E-state index < -0.39 is 0 Å². The van der Waals surface area contributed by atoms with E-state index in [2.05, 4.69) is 24.1 Å². The van der Waals surface area contributed by atoms with Crippen LogP contribution in [0.25, 0.3) is 10.9 Å². The van der Waals surface area contributed by atoms with Gasteiger partial charge in [-0.2, -0.15) is 0 Å². The Labute approximate surface area is 112 Å². The Morgan fingerprint density at radius 1 is 1.11 bits per heavy atom. The largest absolute Gasteiger partial charge is 0.364 e. The predicted octanol–water partition coefficient (Wildman–Crippen LogP) is 3.04. The van der Waals surface area contributed by atoms with Gasteiger partial charge >= 0.3 is 0 Å². The molecule has 0 saturated heterocycles. The zero-order valence-electron chi connectivity index (χ0n) is 11.4. The molecule has 2 heterocycles. The Morgan fingerprint density at radius 3 is 2.58 bits per heavy atom. The molecule has 2 aliphatic rings. The first-order valence-corrected chi connectivity index (χ1v) is 6.99. The standard InChI is InChI=1S/C15H18N4/c1-14(4-5-14)13-17-11-9-16-8-3-10(11)12(18-13)19-15(2)6-7-15/h3,8-9H,4-7H2,1-2H3,(H,17,18,19). The SMILES string of the molecule is CC1(Nc2nc(C3(C)CC3)nc3cnccc23)CC1. The molecule has 0 unspecified atom stereocenters. The van der Waals surface area contributed by atoms with Crippen molar-refractivity contribution in [2.24, 2.45) is 0 Å². The summed E-state index contributed by atoms with van der Waals surface area (Å²) in [4.78, 5) is 13.7. The molecule has 2 aromatic heterocycles. The highest BCUT2D eigenvalue weighted by Gasteiger charge is 2.43. The van der Waals surface area contributed by atoms with Gasteiger partial charge in [-0.3, -0.25) is 4.98 Å². The summed E-state index contributed by atoms with van der Waals surface area (Å²) >= 11 is 0. The summed E-state index contributed by atoms with van der Waals surface area (Å²) < 4.78 is 0. The van der Waals surface area contributed by atoms with E-state index in [1.165, 1.54) is 25.7 Å². The molecule has 0 bridgehead atoms. The zero-order chi connectivity index (χ0) is 13.1. The molecule has 1 N–H and O–H groups in total. The maximum absolute atomic E-state index is 4.81. The maximum atomic E-state index is 4.81. The average Bonchev–Trinajstić information content (AvgIpc) is 3.31. The third-order valence-corrected chi connectivity index (χ3v) is 4.46. The number of nitrogens with one attached hydrogen (secondary N) is 1. The van der Waals surface area contributed by atoms with Gasteiger partial charge in [-0.25, -0.2) is 9.97 Å². The van der Waals surface area contributed by atoms with Gasteiger partial charge in [0.1, 0.15) is 11.6 Å². The molecular formula is C15H18N4. The second kappa shape index (κ2) is 3.44. The highest BCUT2D eigenvalue weighted by molar-refractivity contribution is 5.88. The molecule has 0 spiro atoms. The van der Waals surface area contributed by atoms with E-state index in [4.69, 9.17) is 9.97 Å². The molecule has 2 aliphatic carbocycles. The molecule has 2 aromatic rings. The van der Waals surface area contributed by atoms with Crippen molar-refractivity contribution in [1.29, 1.82) is 0 Å². The van der Waals surface area contributed by atoms with Gasteiger partial charge in [-0.15, -0.1) is 0 Å². The normalized spacial score (nSPS) is 22.2. The Hall–Kier alpha value is -1.71. The van der Waals surface area contributed by atoms with Crippen LogP contribution in [-0.2, 0) is 5.41 Å². The molecule has 98 valence electrons. The molecule has 4 nitrogen and oxygen atoms in total. The third-order valence-electron chi connectivity index (χ3n) is 4.46. The lowest BCUT2D eigenvalue weighted by Gasteiger charge is -2.17. The van der Waals surface area contributed by atoms with Crippen LogP contribution < -0.4 is 5.32 Å². The number of hydrogen-bond donors (Lipinski definition) is 1. The minimum absolute atomic E-state index is 0.185. The number of nitrogens with zero attached hydrogens (tertiary/aromatic N) is 3. The number of anilines is 1. The van der Waals surface area contributed by atoms with Crippen LogP contribution in [0.5, 0.6) is 0 Å². The van der Waals surface area contributed by atoms with Gasteiger partial charge in [-0.05, 0) is 38.7 Å². The molecular weight excluding hydrogens is 236 g/mol. The summed E-state index contributed by atoms with van der Waals surface area (Å²) in [5.41, 5.74) is 1.37. The Kier molecular flexibility index (Phi) is 2.02. The number of pyridine rings is 1. The maximum Gasteiger partial charge on any atom is 0.138 e. The molecule has 0 atom stereocenters. The Balaban J connectivity index is 1.87. The molecule has 0 radical (unpaired) electrons. The van der Waals surface area contributed by atoms with Gasteiger partial charge in [0.15, 0.2) is 0 Å². The van der Waals surface area contributed by atoms with Gasteiger partial charge in [0.25, 0.3) is 0 Å². The van der Waals surface area contributed by atoms with Gasteiger partial charge < -0.3 is 5.32 Å². The van der Waals surface area contributed by atoms with Crippen LogP contribution in [0.1, 0.15) is 45.4 Å². The fourth-order valence-corrected chi connectivity index (χ4v) is 2.36. The smallest absolute Gasteiger partial charge is 0.138 e. The van der Waals surface area contributed by atoms with Crippen molar-refractivity contribution in [3.8, 4) is 0 Å². The number of fused-ring (bicyclic) bond motifs is 1. The lowest BCUT2D eigenvalue weighted by atomic mass is 10.1. The lowest BCUT2D eigenvalue weighted by molar-refractivity contribution is 0.711. The quantitative estimate of drug-likeness (QED) is 0.914. The van der Waals surface area contributed by atoms with E-state index >= 15 is 0 Å². The van der Waals surface area contributed by atoms with E-state index in [0.717, 1.165) is 22.5 Å². The van der Waals surface area contributed by atoms with Crippen molar-refractivity contribution in [3.05, 3.63) is 24.3 Å². The van der Waals surface area contributed by atoms with Crippen molar-refractivity contribution >= 4 is 16.7 Å². The minimum atomic E-state index is 0.185. The van der Waals surface area contributed by atoms with Crippen LogP contribution in [0.2, 0.25) is 0 Å². The summed E-state index contributed by atoms with van der Waals surface area (Å²) in [6.07, 6.45) is 8.47. The molecule has 2 fully saturated rings. The van der Waals surface area contributed by atoms with Crippen molar-refractivity contribution in [1.82, 2.24) is 15.0 Å². The van der Waals surface area contributed by atoms with Crippen molar-refractivity contribution < 1.29 is 0 Å².